The molecule has 1 heterocycles. The minimum Gasteiger partial charge on any atom is -0.370 e. The molecule has 0 spiro atoms. The molecule has 0 bridgehead atoms. The van der Waals surface area contributed by atoms with E-state index < -0.39 is 0 Å². The highest BCUT2D eigenvalue weighted by atomic mass is 127. The fraction of sp³-hybridized carbons (Fsp3) is 0.333. The average Bonchev–Trinajstić information content (AvgIpc) is 2.94. The Morgan fingerprint density at radius 1 is 1.17 bits per heavy atom. The second-order valence-electron chi connectivity index (χ2n) is 6.28. The molecule has 24 heavy (non-hydrogen) atoms. The van der Waals surface area contributed by atoms with E-state index in [-0.39, 0.29) is 29.5 Å². The second kappa shape index (κ2) is 7.94. The molecule has 1 aromatic heterocycles. The molecule has 1 aliphatic carbocycles. The second-order valence-corrected chi connectivity index (χ2v) is 6.28. The summed E-state index contributed by atoms with van der Waals surface area (Å²) in [5.74, 6) is 1.11. The number of nitrogens with one attached hydrogen (secondary N) is 1. The number of fused-ring (bicyclic) bond motifs is 1. The summed E-state index contributed by atoms with van der Waals surface area (Å²) in [5.41, 5.74) is 8.83. The Bertz CT molecular complexity index is 675. The topological polar surface area (TPSA) is 66.5 Å². The van der Waals surface area contributed by atoms with Gasteiger partial charge in [-0.3, -0.25) is 4.99 Å². The van der Waals surface area contributed by atoms with Gasteiger partial charge in [-0.05, 0) is 50.2 Å². The highest BCUT2D eigenvalue weighted by Gasteiger charge is 2.38. The van der Waals surface area contributed by atoms with E-state index in [1.165, 1.54) is 11.1 Å². The van der Waals surface area contributed by atoms with Gasteiger partial charge in [0.2, 0.25) is 0 Å². The largest absolute Gasteiger partial charge is 0.370 e. The standard InChI is InChI=1S/C18H23N5.HI/c1-23(2)18(11-14-7-3-4-8-15(14)12-18)13-21-17(19)22-16-9-5-6-10-20-16;/h3-10H,11-13H2,1-2H3,(H3,19,20,21,22);1H. The summed E-state index contributed by atoms with van der Waals surface area (Å²) in [6, 6.07) is 14.3. The van der Waals surface area contributed by atoms with E-state index in [1.807, 2.05) is 18.2 Å². The van der Waals surface area contributed by atoms with Gasteiger partial charge in [-0.2, -0.15) is 0 Å². The lowest BCUT2D eigenvalue weighted by Crippen LogP contribution is -2.48. The Morgan fingerprint density at radius 2 is 1.79 bits per heavy atom. The maximum Gasteiger partial charge on any atom is 0.194 e. The van der Waals surface area contributed by atoms with Gasteiger partial charge in [-0.15, -0.1) is 24.0 Å². The number of aromatic nitrogens is 1. The molecular weight excluding hydrogens is 413 g/mol. The van der Waals surface area contributed by atoms with Crippen molar-refractivity contribution >= 4 is 35.8 Å². The highest BCUT2D eigenvalue weighted by Crippen LogP contribution is 2.33. The van der Waals surface area contributed by atoms with Crippen molar-refractivity contribution in [3.63, 3.8) is 0 Å². The maximum absolute atomic E-state index is 6.03. The smallest absolute Gasteiger partial charge is 0.194 e. The first-order valence-corrected chi connectivity index (χ1v) is 7.81. The Kier molecular flexibility index (Phi) is 6.17. The van der Waals surface area contributed by atoms with E-state index in [2.05, 4.69) is 58.6 Å². The van der Waals surface area contributed by atoms with Gasteiger partial charge in [0.25, 0.3) is 0 Å². The van der Waals surface area contributed by atoms with Crippen LogP contribution >= 0.6 is 24.0 Å². The van der Waals surface area contributed by atoms with Crippen LogP contribution < -0.4 is 11.1 Å². The van der Waals surface area contributed by atoms with Crippen molar-refractivity contribution in [3.05, 3.63) is 59.8 Å². The van der Waals surface area contributed by atoms with Gasteiger partial charge in [0.05, 0.1) is 6.54 Å². The monoisotopic (exact) mass is 437 g/mol. The van der Waals surface area contributed by atoms with E-state index in [9.17, 15) is 0 Å². The molecule has 0 atom stereocenters. The first kappa shape index (κ1) is 18.7. The van der Waals surface area contributed by atoms with Gasteiger partial charge in [-0.1, -0.05) is 30.3 Å². The van der Waals surface area contributed by atoms with Crippen LogP contribution in [0, 0.1) is 0 Å². The normalized spacial score (nSPS) is 15.7. The number of hydrogen-bond donors (Lipinski definition) is 2. The molecule has 3 rings (SSSR count). The molecule has 0 radical (unpaired) electrons. The number of likely N-dealkylation sites (N-methyl/N-ethyl adjacent to an activating group) is 1. The third kappa shape index (κ3) is 4.05. The first-order valence-electron chi connectivity index (χ1n) is 7.81. The quantitative estimate of drug-likeness (QED) is 0.439. The van der Waals surface area contributed by atoms with E-state index in [4.69, 9.17) is 5.73 Å². The number of hydrogen-bond acceptors (Lipinski definition) is 3. The van der Waals surface area contributed by atoms with Crippen molar-refractivity contribution in [3.8, 4) is 0 Å². The number of aliphatic imine (C=N–C) groups is 1. The molecule has 5 nitrogen and oxygen atoms in total. The number of guanidine groups is 1. The van der Waals surface area contributed by atoms with Crippen LogP contribution in [-0.2, 0) is 12.8 Å². The van der Waals surface area contributed by atoms with Crippen molar-refractivity contribution in [2.75, 3.05) is 26.0 Å². The number of halogens is 1. The molecule has 3 N–H and O–H groups in total. The number of pyridine rings is 1. The lowest BCUT2D eigenvalue weighted by atomic mass is 9.94. The van der Waals surface area contributed by atoms with E-state index in [0.717, 1.165) is 12.8 Å². The van der Waals surface area contributed by atoms with Gasteiger partial charge in [0.1, 0.15) is 5.82 Å². The van der Waals surface area contributed by atoms with Crippen molar-refractivity contribution in [1.82, 2.24) is 9.88 Å². The zero-order valence-electron chi connectivity index (χ0n) is 14.1. The summed E-state index contributed by atoms with van der Waals surface area (Å²) >= 11 is 0. The van der Waals surface area contributed by atoms with Crippen LogP contribution in [0.5, 0.6) is 0 Å². The Balaban J connectivity index is 0.00000208. The fourth-order valence-electron chi connectivity index (χ4n) is 3.08. The van der Waals surface area contributed by atoms with Crippen molar-refractivity contribution < 1.29 is 0 Å². The molecule has 6 heteroatoms. The summed E-state index contributed by atoms with van der Waals surface area (Å²) < 4.78 is 0. The predicted molar refractivity (Wildman–Crippen MR) is 110 cm³/mol. The summed E-state index contributed by atoms with van der Waals surface area (Å²) in [7, 11) is 4.23. The average molecular weight is 437 g/mol. The van der Waals surface area contributed by atoms with Crippen LogP contribution in [-0.4, -0.2) is 42.0 Å². The molecule has 0 aliphatic heterocycles. The fourth-order valence-corrected chi connectivity index (χ4v) is 3.08. The van der Waals surface area contributed by atoms with Crippen molar-refractivity contribution in [2.24, 2.45) is 10.7 Å². The number of rotatable bonds is 4. The number of nitrogens with zero attached hydrogens (tertiary/aromatic N) is 3. The third-order valence-corrected chi connectivity index (χ3v) is 4.57. The lowest BCUT2D eigenvalue weighted by Gasteiger charge is -2.35. The molecule has 0 unspecified atom stereocenters. The maximum atomic E-state index is 6.03. The van der Waals surface area contributed by atoms with Gasteiger partial charge in [0.15, 0.2) is 5.96 Å². The molecule has 0 fully saturated rings. The number of anilines is 1. The predicted octanol–water partition coefficient (Wildman–Crippen LogP) is 2.53. The number of nitrogens with two attached hydrogens (primary N) is 1. The number of benzene rings is 1. The lowest BCUT2D eigenvalue weighted by molar-refractivity contribution is 0.172. The van der Waals surface area contributed by atoms with Crippen LogP contribution in [0.1, 0.15) is 11.1 Å². The summed E-state index contributed by atoms with van der Waals surface area (Å²) in [4.78, 5) is 11.0. The van der Waals surface area contributed by atoms with Gasteiger partial charge >= 0.3 is 0 Å². The molecule has 2 aromatic rings. The summed E-state index contributed by atoms with van der Waals surface area (Å²) in [5, 5.41) is 3.04. The minimum atomic E-state index is -0.0138. The van der Waals surface area contributed by atoms with Gasteiger partial charge in [0, 0.05) is 11.7 Å². The van der Waals surface area contributed by atoms with Crippen LogP contribution in [0.2, 0.25) is 0 Å². The zero-order chi connectivity index (χ0) is 16.3. The molecule has 0 amide bonds. The van der Waals surface area contributed by atoms with E-state index in [1.54, 1.807) is 6.20 Å². The zero-order valence-corrected chi connectivity index (χ0v) is 16.4. The van der Waals surface area contributed by atoms with Crippen LogP contribution in [0.15, 0.2) is 53.7 Å². The summed E-state index contributed by atoms with van der Waals surface area (Å²) in [6.07, 6.45) is 3.72. The van der Waals surface area contributed by atoms with Gasteiger partial charge < -0.3 is 16.0 Å². The Morgan fingerprint density at radius 3 is 2.33 bits per heavy atom. The summed E-state index contributed by atoms with van der Waals surface area (Å²) in [6.45, 7) is 0.653. The van der Waals surface area contributed by atoms with E-state index >= 15 is 0 Å². The molecule has 0 saturated carbocycles. The minimum absolute atomic E-state index is 0. The van der Waals surface area contributed by atoms with Gasteiger partial charge in [-0.25, -0.2) is 4.98 Å². The molecule has 1 aromatic carbocycles. The Labute approximate surface area is 160 Å². The SMILES string of the molecule is CN(C)C1(CN=C(N)Nc2ccccn2)Cc2ccccc2C1.I. The van der Waals surface area contributed by atoms with Crippen molar-refractivity contribution in [1.29, 1.82) is 0 Å². The van der Waals surface area contributed by atoms with Crippen molar-refractivity contribution in [2.45, 2.75) is 18.4 Å². The molecule has 1 aliphatic rings. The third-order valence-electron chi connectivity index (χ3n) is 4.57. The highest BCUT2D eigenvalue weighted by molar-refractivity contribution is 14.0. The van der Waals surface area contributed by atoms with Crippen LogP contribution in [0.3, 0.4) is 0 Å². The first-order chi connectivity index (χ1) is 11.1. The van der Waals surface area contributed by atoms with Crippen LogP contribution in [0.4, 0.5) is 5.82 Å². The molecule has 128 valence electrons. The molecular formula is C18H24IN5. The van der Waals surface area contributed by atoms with E-state index in [0.29, 0.717) is 18.3 Å². The molecule has 0 saturated heterocycles. The Hall–Kier alpha value is -1.67. The van der Waals surface area contributed by atoms with Crippen LogP contribution in [0.25, 0.3) is 0 Å².